The molecule has 3 nitrogen and oxygen atoms in total. The van der Waals surface area contributed by atoms with E-state index in [-0.39, 0.29) is 0 Å². The second kappa shape index (κ2) is 4.75. The summed E-state index contributed by atoms with van der Waals surface area (Å²) in [4.78, 5) is 4.24. The van der Waals surface area contributed by atoms with E-state index < -0.39 is 6.67 Å². The maximum absolute atomic E-state index is 12.4. The molecule has 1 atom stereocenters. The normalized spacial score (nSPS) is 21.9. The number of hydrogen-bond acceptors (Lipinski definition) is 3. The van der Waals surface area contributed by atoms with E-state index in [4.69, 9.17) is 4.42 Å². The lowest BCUT2D eigenvalue weighted by Gasteiger charge is -2.21. The average molecular weight is 212 g/mol. The number of alkyl halides is 1. The Morgan fingerprint density at radius 2 is 2.47 bits per heavy atom. The van der Waals surface area contributed by atoms with Crippen molar-refractivity contribution in [1.29, 1.82) is 0 Å². The largest absolute Gasteiger partial charge is 0.443 e. The van der Waals surface area contributed by atoms with Gasteiger partial charge >= 0.3 is 0 Å². The Morgan fingerprint density at radius 3 is 3.07 bits per heavy atom. The van der Waals surface area contributed by atoms with Crippen LogP contribution in [0.2, 0.25) is 0 Å². The van der Waals surface area contributed by atoms with Crippen LogP contribution in [0.5, 0.6) is 0 Å². The fourth-order valence-corrected chi connectivity index (χ4v) is 2.04. The Hall–Kier alpha value is -0.900. The number of halogens is 1. The molecule has 0 aromatic carbocycles. The van der Waals surface area contributed by atoms with Crippen molar-refractivity contribution >= 4 is 0 Å². The second-order valence-corrected chi connectivity index (χ2v) is 4.17. The number of aryl methyl sites for hydroxylation is 1. The van der Waals surface area contributed by atoms with Crippen molar-refractivity contribution in [2.75, 3.05) is 13.1 Å². The predicted octanol–water partition coefficient (Wildman–Crippen LogP) is 1.99. The third-order valence-corrected chi connectivity index (χ3v) is 2.92. The van der Waals surface area contributed by atoms with E-state index in [1.807, 2.05) is 0 Å². The van der Waals surface area contributed by atoms with Crippen molar-refractivity contribution in [3.05, 3.63) is 17.3 Å². The van der Waals surface area contributed by atoms with E-state index in [1.165, 1.54) is 12.8 Å². The highest BCUT2D eigenvalue weighted by atomic mass is 19.1. The Bertz CT molecular complexity index is 318. The number of nitrogens with one attached hydrogen (secondary N) is 1. The number of hydrogen-bond donors (Lipinski definition) is 1. The highest BCUT2D eigenvalue weighted by Gasteiger charge is 2.17. The van der Waals surface area contributed by atoms with Gasteiger partial charge in [0.1, 0.15) is 6.67 Å². The van der Waals surface area contributed by atoms with Gasteiger partial charge in [0.15, 0.2) is 11.7 Å². The van der Waals surface area contributed by atoms with Crippen molar-refractivity contribution < 1.29 is 8.81 Å². The van der Waals surface area contributed by atoms with Gasteiger partial charge in [-0.15, -0.1) is 0 Å². The summed E-state index contributed by atoms with van der Waals surface area (Å²) in [6.07, 6.45) is 3.24. The van der Waals surface area contributed by atoms with Gasteiger partial charge in [-0.3, -0.25) is 0 Å². The van der Waals surface area contributed by atoms with E-state index >= 15 is 0 Å². The summed E-state index contributed by atoms with van der Waals surface area (Å²) in [7, 11) is 0. The van der Waals surface area contributed by atoms with Gasteiger partial charge < -0.3 is 9.73 Å². The Morgan fingerprint density at radius 1 is 1.60 bits per heavy atom. The molecule has 0 bridgehead atoms. The van der Waals surface area contributed by atoms with Crippen molar-refractivity contribution in [2.45, 2.75) is 32.9 Å². The molecule has 1 saturated heterocycles. The van der Waals surface area contributed by atoms with Crippen LogP contribution in [0.25, 0.3) is 0 Å². The molecule has 1 aliphatic rings. The molecule has 84 valence electrons. The molecule has 1 aromatic rings. The predicted molar refractivity (Wildman–Crippen MR) is 55.3 cm³/mol. The van der Waals surface area contributed by atoms with Crippen LogP contribution >= 0.6 is 0 Å². The van der Waals surface area contributed by atoms with Crippen LogP contribution in [0.4, 0.5) is 4.39 Å². The van der Waals surface area contributed by atoms with E-state index in [0.717, 1.165) is 19.5 Å². The molecular formula is C11H17FN2O. The number of piperidine rings is 1. The lowest BCUT2D eigenvalue weighted by molar-refractivity contribution is 0.325. The van der Waals surface area contributed by atoms with Crippen molar-refractivity contribution in [3.8, 4) is 0 Å². The average Bonchev–Trinajstić information content (AvgIpc) is 2.60. The number of rotatable bonds is 3. The standard InChI is InChI=1S/C11H17FN2O/c1-8-10(6-12)15-11(14-8)5-9-3-2-4-13-7-9/h9,13H,2-7H2,1H3. The maximum Gasteiger partial charge on any atom is 0.195 e. The molecule has 0 saturated carbocycles. The molecule has 1 N–H and O–H groups in total. The summed E-state index contributed by atoms with van der Waals surface area (Å²) >= 11 is 0. The van der Waals surface area contributed by atoms with Crippen LogP contribution in [0, 0.1) is 12.8 Å². The topological polar surface area (TPSA) is 38.1 Å². The van der Waals surface area contributed by atoms with Gasteiger partial charge in [-0.1, -0.05) is 0 Å². The first kappa shape index (κ1) is 10.6. The molecule has 0 spiro atoms. The first-order valence-corrected chi connectivity index (χ1v) is 5.51. The molecular weight excluding hydrogens is 195 g/mol. The Labute approximate surface area is 89.1 Å². The summed E-state index contributed by atoms with van der Waals surface area (Å²) < 4.78 is 17.8. The van der Waals surface area contributed by atoms with Crippen molar-refractivity contribution in [3.63, 3.8) is 0 Å². The number of nitrogens with zero attached hydrogens (tertiary/aromatic N) is 1. The summed E-state index contributed by atoms with van der Waals surface area (Å²) in [5, 5.41) is 3.35. The van der Waals surface area contributed by atoms with Crippen LogP contribution in [0.15, 0.2) is 4.42 Å². The van der Waals surface area contributed by atoms with Crippen molar-refractivity contribution in [2.24, 2.45) is 5.92 Å². The van der Waals surface area contributed by atoms with Gasteiger partial charge in [-0.25, -0.2) is 9.37 Å². The molecule has 2 heterocycles. The van der Waals surface area contributed by atoms with Crippen LogP contribution in [-0.4, -0.2) is 18.1 Å². The fraction of sp³-hybridized carbons (Fsp3) is 0.727. The quantitative estimate of drug-likeness (QED) is 0.832. The molecule has 2 rings (SSSR count). The Balaban J connectivity index is 1.97. The zero-order valence-corrected chi connectivity index (χ0v) is 9.05. The zero-order chi connectivity index (χ0) is 10.7. The molecule has 0 aliphatic carbocycles. The van der Waals surface area contributed by atoms with E-state index in [9.17, 15) is 4.39 Å². The molecule has 0 radical (unpaired) electrons. The molecule has 15 heavy (non-hydrogen) atoms. The summed E-state index contributed by atoms with van der Waals surface area (Å²) in [6.45, 7) is 3.37. The van der Waals surface area contributed by atoms with Crippen LogP contribution < -0.4 is 5.32 Å². The lowest BCUT2D eigenvalue weighted by Crippen LogP contribution is -2.30. The third-order valence-electron chi connectivity index (χ3n) is 2.92. The van der Waals surface area contributed by atoms with E-state index in [0.29, 0.717) is 23.3 Å². The van der Waals surface area contributed by atoms with Gasteiger partial charge in [0.05, 0.1) is 5.69 Å². The number of oxazole rings is 1. The third kappa shape index (κ3) is 2.56. The smallest absolute Gasteiger partial charge is 0.195 e. The van der Waals surface area contributed by atoms with E-state index in [2.05, 4.69) is 10.3 Å². The van der Waals surface area contributed by atoms with Crippen molar-refractivity contribution in [1.82, 2.24) is 10.3 Å². The summed E-state index contributed by atoms with van der Waals surface area (Å²) in [6, 6.07) is 0. The van der Waals surface area contributed by atoms with Crippen LogP contribution in [-0.2, 0) is 13.1 Å². The molecule has 1 fully saturated rings. The van der Waals surface area contributed by atoms with E-state index in [1.54, 1.807) is 6.92 Å². The minimum Gasteiger partial charge on any atom is -0.443 e. The molecule has 1 aromatic heterocycles. The highest BCUT2D eigenvalue weighted by molar-refractivity contribution is 5.07. The van der Waals surface area contributed by atoms with Crippen LogP contribution in [0.3, 0.4) is 0 Å². The zero-order valence-electron chi connectivity index (χ0n) is 9.05. The monoisotopic (exact) mass is 212 g/mol. The SMILES string of the molecule is Cc1nc(CC2CCCNC2)oc1CF. The second-order valence-electron chi connectivity index (χ2n) is 4.17. The van der Waals surface area contributed by atoms with Gasteiger partial charge in [-0.2, -0.15) is 0 Å². The highest BCUT2D eigenvalue weighted by Crippen LogP contribution is 2.18. The molecule has 1 aliphatic heterocycles. The molecule has 0 amide bonds. The van der Waals surface area contributed by atoms with Gasteiger partial charge in [0, 0.05) is 6.42 Å². The maximum atomic E-state index is 12.4. The summed E-state index contributed by atoms with van der Waals surface area (Å²) in [5.74, 6) is 1.66. The van der Waals surface area contributed by atoms with Gasteiger partial charge in [-0.05, 0) is 38.8 Å². The summed E-state index contributed by atoms with van der Waals surface area (Å²) in [5.41, 5.74) is 0.691. The first-order valence-electron chi connectivity index (χ1n) is 5.51. The molecule has 4 heteroatoms. The fourth-order valence-electron chi connectivity index (χ4n) is 2.04. The number of aromatic nitrogens is 1. The van der Waals surface area contributed by atoms with Gasteiger partial charge in [0.2, 0.25) is 0 Å². The van der Waals surface area contributed by atoms with Crippen LogP contribution in [0.1, 0.15) is 30.2 Å². The van der Waals surface area contributed by atoms with Gasteiger partial charge in [0.25, 0.3) is 0 Å². The minimum atomic E-state index is -0.554. The minimum absolute atomic E-state index is 0.383. The molecule has 1 unspecified atom stereocenters. The lowest BCUT2D eigenvalue weighted by atomic mass is 9.96. The Kier molecular flexibility index (Phi) is 3.36. The first-order chi connectivity index (χ1) is 7.29.